The number of benzene rings is 1. The Morgan fingerprint density at radius 2 is 2.00 bits per heavy atom. The third-order valence-corrected chi connectivity index (χ3v) is 4.34. The Morgan fingerprint density at radius 1 is 1.25 bits per heavy atom. The number of nitrogen functional groups attached to an aromatic ring is 1. The van der Waals surface area contributed by atoms with Crippen LogP contribution >= 0.6 is 0 Å². The summed E-state index contributed by atoms with van der Waals surface area (Å²) in [7, 11) is 0. The first-order valence-electron chi connectivity index (χ1n) is 7.39. The van der Waals surface area contributed by atoms with Crippen molar-refractivity contribution < 1.29 is 4.79 Å². The van der Waals surface area contributed by atoms with Gasteiger partial charge in [-0.1, -0.05) is 37.5 Å². The minimum atomic E-state index is -0.211. The molecule has 4 heteroatoms. The van der Waals surface area contributed by atoms with E-state index in [4.69, 9.17) is 5.84 Å². The molecule has 1 amide bonds. The van der Waals surface area contributed by atoms with Crippen molar-refractivity contribution in [3.05, 3.63) is 36.0 Å². The fraction of sp³-hybridized carbons (Fsp3) is 0.438. The van der Waals surface area contributed by atoms with Gasteiger partial charge in [0.25, 0.3) is 5.91 Å². The van der Waals surface area contributed by atoms with Gasteiger partial charge in [0, 0.05) is 17.4 Å². The Bertz CT molecular complexity index is 611. The number of hydrazine groups is 1. The van der Waals surface area contributed by atoms with E-state index in [2.05, 4.69) is 16.1 Å². The minimum Gasteiger partial charge on any atom is -0.336 e. The third kappa shape index (κ3) is 2.43. The van der Waals surface area contributed by atoms with Crippen molar-refractivity contribution in [2.45, 2.75) is 38.6 Å². The van der Waals surface area contributed by atoms with E-state index in [1.54, 1.807) is 0 Å². The van der Waals surface area contributed by atoms with E-state index < -0.39 is 0 Å². The van der Waals surface area contributed by atoms with Crippen molar-refractivity contribution in [3.63, 3.8) is 0 Å². The Labute approximate surface area is 118 Å². The van der Waals surface area contributed by atoms with Crippen molar-refractivity contribution in [3.8, 4) is 0 Å². The first kappa shape index (κ1) is 13.2. The summed E-state index contributed by atoms with van der Waals surface area (Å²) >= 11 is 0. The summed E-state index contributed by atoms with van der Waals surface area (Å²) in [5.41, 5.74) is 4.05. The van der Waals surface area contributed by atoms with Gasteiger partial charge in [0.1, 0.15) is 5.69 Å². The summed E-state index contributed by atoms with van der Waals surface area (Å²) in [6.45, 7) is 0.913. The summed E-state index contributed by atoms with van der Waals surface area (Å²) in [4.78, 5) is 12.0. The molecular formula is C16H21N3O. The number of para-hydroxylation sites is 1. The zero-order valence-electron chi connectivity index (χ0n) is 11.6. The Hall–Kier alpha value is -1.81. The molecule has 106 valence electrons. The summed E-state index contributed by atoms with van der Waals surface area (Å²) in [6, 6.07) is 10.1. The van der Waals surface area contributed by atoms with Gasteiger partial charge >= 0.3 is 0 Å². The molecule has 1 aromatic carbocycles. The second-order valence-electron chi connectivity index (χ2n) is 5.68. The maximum absolute atomic E-state index is 12.0. The van der Waals surface area contributed by atoms with Crippen LogP contribution in [0.15, 0.2) is 30.3 Å². The van der Waals surface area contributed by atoms with Crippen molar-refractivity contribution in [1.29, 1.82) is 0 Å². The van der Waals surface area contributed by atoms with Crippen molar-refractivity contribution >= 4 is 16.8 Å². The van der Waals surface area contributed by atoms with Gasteiger partial charge in [0.05, 0.1) is 0 Å². The summed E-state index contributed by atoms with van der Waals surface area (Å²) in [5.74, 6) is 5.77. The van der Waals surface area contributed by atoms with Gasteiger partial charge in [-0.2, -0.15) is 0 Å². The maximum atomic E-state index is 12.0. The van der Waals surface area contributed by atoms with Crippen LogP contribution in [0.25, 0.3) is 10.9 Å². The highest BCUT2D eigenvalue weighted by Crippen LogP contribution is 2.28. The number of rotatable bonds is 3. The van der Waals surface area contributed by atoms with Gasteiger partial charge in [0.2, 0.25) is 0 Å². The number of nitrogens with one attached hydrogen (secondary N) is 1. The highest BCUT2D eigenvalue weighted by molar-refractivity contribution is 5.98. The largest absolute Gasteiger partial charge is 0.336 e. The predicted molar refractivity (Wildman–Crippen MR) is 80.2 cm³/mol. The SMILES string of the molecule is NNC(=O)c1cc2ccccc2n1CC1CCCCC1. The molecule has 0 atom stereocenters. The van der Waals surface area contributed by atoms with Gasteiger partial charge in [-0.15, -0.1) is 0 Å². The van der Waals surface area contributed by atoms with E-state index >= 15 is 0 Å². The molecular weight excluding hydrogens is 250 g/mol. The predicted octanol–water partition coefficient (Wildman–Crippen LogP) is 2.83. The number of carbonyl (C=O) groups excluding carboxylic acids is 1. The molecule has 1 fully saturated rings. The van der Waals surface area contributed by atoms with E-state index in [1.807, 2.05) is 24.3 Å². The molecule has 0 saturated heterocycles. The topological polar surface area (TPSA) is 60.0 Å². The van der Waals surface area contributed by atoms with Crippen LogP contribution in [0.5, 0.6) is 0 Å². The van der Waals surface area contributed by atoms with Gasteiger partial charge in [0.15, 0.2) is 0 Å². The number of carbonyl (C=O) groups is 1. The number of nitrogens with zero attached hydrogens (tertiary/aromatic N) is 1. The van der Waals surface area contributed by atoms with Gasteiger partial charge < -0.3 is 4.57 Å². The molecule has 1 aromatic heterocycles. The minimum absolute atomic E-state index is 0.211. The van der Waals surface area contributed by atoms with Crippen LogP contribution in [-0.2, 0) is 6.54 Å². The zero-order valence-corrected chi connectivity index (χ0v) is 11.6. The lowest BCUT2D eigenvalue weighted by Crippen LogP contribution is -2.32. The van der Waals surface area contributed by atoms with Crippen LogP contribution in [0.4, 0.5) is 0 Å². The average Bonchev–Trinajstić information content (AvgIpc) is 2.86. The van der Waals surface area contributed by atoms with Crippen LogP contribution in [0.1, 0.15) is 42.6 Å². The molecule has 1 saturated carbocycles. The molecule has 0 aliphatic heterocycles. The fourth-order valence-electron chi connectivity index (χ4n) is 3.30. The lowest BCUT2D eigenvalue weighted by molar-refractivity contribution is 0.0943. The second kappa shape index (κ2) is 5.67. The number of aromatic nitrogens is 1. The van der Waals surface area contributed by atoms with Crippen LogP contribution in [0, 0.1) is 5.92 Å². The first-order chi connectivity index (χ1) is 9.79. The molecule has 0 bridgehead atoms. The summed E-state index contributed by atoms with van der Waals surface area (Å²) in [6.07, 6.45) is 6.48. The molecule has 1 aliphatic rings. The van der Waals surface area contributed by atoms with Gasteiger partial charge in [-0.3, -0.25) is 10.2 Å². The molecule has 2 aromatic rings. The van der Waals surface area contributed by atoms with E-state index in [0.717, 1.165) is 17.4 Å². The number of amides is 1. The molecule has 4 nitrogen and oxygen atoms in total. The molecule has 1 heterocycles. The smallest absolute Gasteiger partial charge is 0.281 e. The molecule has 1 aliphatic carbocycles. The lowest BCUT2D eigenvalue weighted by atomic mass is 9.89. The number of hydrogen-bond donors (Lipinski definition) is 2. The highest BCUT2D eigenvalue weighted by Gasteiger charge is 2.19. The molecule has 3 rings (SSSR count). The number of nitrogens with two attached hydrogens (primary N) is 1. The van der Waals surface area contributed by atoms with Crippen molar-refractivity contribution in [1.82, 2.24) is 9.99 Å². The van der Waals surface area contributed by atoms with Crippen molar-refractivity contribution in [2.75, 3.05) is 0 Å². The van der Waals surface area contributed by atoms with Crippen molar-refractivity contribution in [2.24, 2.45) is 11.8 Å². The second-order valence-corrected chi connectivity index (χ2v) is 5.68. The average molecular weight is 271 g/mol. The van der Waals surface area contributed by atoms with Gasteiger partial charge in [-0.05, 0) is 30.9 Å². The van der Waals surface area contributed by atoms with E-state index in [9.17, 15) is 4.79 Å². The van der Waals surface area contributed by atoms with Gasteiger partial charge in [-0.25, -0.2) is 5.84 Å². The number of hydrogen-bond acceptors (Lipinski definition) is 2. The molecule has 20 heavy (non-hydrogen) atoms. The summed E-state index contributed by atoms with van der Waals surface area (Å²) < 4.78 is 2.13. The van der Waals surface area contributed by atoms with E-state index in [0.29, 0.717) is 11.6 Å². The molecule has 0 radical (unpaired) electrons. The van der Waals surface area contributed by atoms with Crippen LogP contribution < -0.4 is 11.3 Å². The van der Waals surface area contributed by atoms with Crippen LogP contribution in [0.2, 0.25) is 0 Å². The maximum Gasteiger partial charge on any atom is 0.281 e. The Kier molecular flexibility index (Phi) is 3.74. The normalized spacial score (nSPS) is 16.4. The third-order valence-electron chi connectivity index (χ3n) is 4.34. The number of fused-ring (bicyclic) bond motifs is 1. The monoisotopic (exact) mass is 271 g/mol. The quantitative estimate of drug-likeness (QED) is 0.512. The first-order valence-corrected chi connectivity index (χ1v) is 7.39. The molecule has 0 unspecified atom stereocenters. The van der Waals surface area contributed by atoms with E-state index in [-0.39, 0.29) is 5.91 Å². The van der Waals surface area contributed by atoms with Crippen LogP contribution in [0.3, 0.4) is 0 Å². The molecule has 0 spiro atoms. The fourth-order valence-corrected chi connectivity index (χ4v) is 3.30. The van der Waals surface area contributed by atoms with E-state index in [1.165, 1.54) is 32.1 Å². The highest BCUT2D eigenvalue weighted by atomic mass is 16.2. The zero-order chi connectivity index (χ0) is 13.9. The molecule has 3 N–H and O–H groups in total. The Balaban J connectivity index is 1.99. The summed E-state index contributed by atoms with van der Waals surface area (Å²) in [5, 5.41) is 1.10. The lowest BCUT2D eigenvalue weighted by Gasteiger charge is -2.23. The Morgan fingerprint density at radius 3 is 2.75 bits per heavy atom. The van der Waals surface area contributed by atoms with Crippen LogP contribution in [-0.4, -0.2) is 10.5 Å². The standard InChI is InChI=1S/C16H21N3O/c17-18-16(20)15-10-13-8-4-5-9-14(13)19(15)11-12-6-2-1-3-7-12/h4-5,8-10,12H,1-3,6-7,11,17H2,(H,18,20).